The summed E-state index contributed by atoms with van der Waals surface area (Å²) in [5, 5.41) is 6.35. The van der Waals surface area contributed by atoms with E-state index in [0.29, 0.717) is 10.6 Å². The zero-order valence-corrected chi connectivity index (χ0v) is 13.4. The van der Waals surface area contributed by atoms with Crippen LogP contribution in [-0.2, 0) is 11.3 Å². The lowest BCUT2D eigenvalue weighted by Crippen LogP contribution is -2.37. The molecule has 2 rings (SSSR count). The van der Waals surface area contributed by atoms with Gasteiger partial charge in [-0.1, -0.05) is 11.6 Å². The molecule has 0 radical (unpaired) electrons. The number of carbonyl (C=O) groups excluding carboxylic acids is 1. The molecule has 0 aliphatic carbocycles. The monoisotopic (exact) mass is 354 g/mol. The van der Waals surface area contributed by atoms with Crippen LogP contribution in [-0.4, -0.2) is 25.6 Å². The molecule has 4 nitrogen and oxygen atoms in total. The minimum Gasteiger partial charge on any atom is -0.434 e. The second-order valence-corrected chi connectivity index (χ2v) is 5.31. The smallest absolute Gasteiger partial charge is 0.387 e. The number of hydrogen-bond donors (Lipinski definition) is 2. The van der Waals surface area contributed by atoms with Crippen LogP contribution in [0.1, 0.15) is 18.4 Å². The first-order valence-corrected chi connectivity index (χ1v) is 7.15. The van der Waals surface area contributed by atoms with Gasteiger partial charge in [-0.2, -0.15) is 8.78 Å². The minimum absolute atomic E-state index is 0. The Morgan fingerprint density at radius 3 is 2.73 bits per heavy atom. The number of amides is 1. The zero-order chi connectivity index (χ0) is 15.2. The molecule has 0 spiro atoms. The van der Waals surface area contributed by atoms with Gasteiger partial charge < -0.3 is 15.4 Å². The Hall–Kier alpha value is -1.11. The number of nitrogens with one attached hydrogen (secondary N) is 2. The van der Waals surface area contributed by atoms with E-state index in [9.17, 15) is 13.6 Å². The van der Waals surface area contributed by atoms with E-state index < -0.39 is 6.61 Å². The largest absolute Gasteiger partial charge is 0.434 e. The number of halogens is 4. The van der Waals surface area contributed by atoms with Gasteiger partial charge in [0, 0.05) is 23.0 Å². The normalized spacial score (nSPS) is 15.3. The summed E-state index contributed by atoms with van der Waals surface area (Å²) in [4.78, 5) is 12.0. The molecule has 124 valence electrons. The summed E-state index contributed by atoms with van der Waals surface area (Å²) in [5.41, 5.74) is 0.435. The minimum atomic E-state index is -2.91. The summed E-state index contributed by atoms with van der Waals surface area (Å²) in [5.74, 6) is -0.0793. The molecule has 1 aliphatic rings. The van der Waals surface area contributed by atoms with Crippen molar-refractivity contribution >= 4 is 29.9 Å². The van der Waals surface area contributed by atoms with Crippen LogP contribution in [0.4, 0.5) is 8.78 Å². The summed E-state index contributed by atoms with van der Waals surface area (Å²) in [6.07, 6.45) is 1.56. The fraction of sp³-hybridized carbons (Fsp3) is 0.500. The van der Waals surface area contributed by atoms with Crippen molar-refractivity contribution in [2.24, 2.45) is 5.92 Å². The molecular weight excluding hydrogens is 337 g/mol. The number of piperidine rings is 1. The Morgan fingerprint density at radius 1 is 1.41 bits per heavy atom. The summed E-state index contributed by atoms with van der Waals surface area (Å²) in [6.45, 7) is -1.17. The standard InChI is InChI=1S/C14H17ClF2N2O2.ClH/c15-11-1-2-12(21-14(16)17)10(7-11)8-19-13(20)9-3-5-18-6-4-9;/h1-2,7,9,14,18H,3-6,8H2,(H,19,20);1H. The van der Waals surface area contributed by atoms with Crippen LogP contribution in [0.15, 0.2) is 18.2 Å². The number of alkyl halides is 2. The van der Waals surface area contributed by atoms with Gasteiger partial charge >= 0.3 is 6.61 Å². The molecule has 0 bridgehead atoms. The molecule has 8 heteroatoms. The molecule has 0 atom stereocenters. The van der Waals surface area contributed by atoms with Crippen molar-refractivity contribution in [1.29, 1.82) is 0 Å². The Kier molecular flexibility index (Phi) is 7.85. The fourth-order valence-electron chi connectivity index (χ4n) is 2.31. The lowest BCUT2D eigenvalue weighted by Gasteiger charge is -2.22. The van der Waals surface area contributed by atoms with Gasteiger partial charge in [0.05, 0.1) is 0 Å². The molecule has 1 aromatic rings. The van der Waals surface area contributed by atoms with Crippen LogP contribution in [0.25, 0.3) is 0 Å². The summed E-state index contributed by atoms with van der Waals surface area (Å²) < 4.78 is 29.1. The molecule has 0 saturated carbocycles. The average molecular weight is 355 g/mol. The van der Waals surface area contributed by atoms with Crippen LogP contribution < -0.4 is 15.4 Å². The highest BCUT2D eigenvalue weighted by Crippen LogP contribution is 2.24. The van der Waals surface area contributed by atoms with Crippen LogP contribution in [0.5, 0.6) is 5.75 Å². The topological polar surface area (TPSA) is 50.4 Å². The van der Waals surface area contributed by atoms with E-state index in [1.165, 1.54) is 18.2 Å². The molecule has 1 aliphatic heterocycles. The Morgan fingerprint density at radius 2 is 2.09 bits per heavy atom. The van der Waals surface area contributed by atoms with Crippen LogP contribution >= 0.6 is 24.0 Å². The number of ether oxygens (including phenoxy) is 1. The third kappa shape index (κ3) is 5.59. The highest BCUT2D eigenvalue weighted by Gasteiger charge is 2.21. The van der Waals surface area contributed by atoms with Crippen molar-refractivity contribution in [2.75, 3.05) is 13.1 Å². The number of hydrogen-bond acceptors (Lipinski definition) is 3. The van der Waals surface area contributed by atoms with Crippen LogP contribution in [0.3, 0.4) is 0 Å². The van der Waals surface area contributed by atoms with Gasteiger partial charge in [0.15, 0.2) is 0 Å². The van der Waals surface area contributed by atoms with Crippen LogP contribution in [0.2, 0.25) is 5.02 Å². The summed E-state index contributed by atoms with van der Waals surface area (Å²) in [7, 11) is 0. The van der Waals surface area contributed by atoms with E-state index in [1.54, 1.807) is 0 Å². The number of carbonyl (C=O) groups is 1. The number of benzene rings is 1. The van der Waals surface area contributed by atoms with E-state index in [-0.39, 0.29) is 36.5 Å². The lowest BCUT2D eigenvalue weighted by atomic mass is 9.97. The Bertz CT molecular complexity index is 498. The van der Waals surface area contributed by atoms with Crippen molar-refractivity contribution in [3.63, 3.8) is 0 Å². The van der Waals surface area contributed by atoms with Crippen molar-refractivity contribution < 1.29 is 18.3 Å². The zero-order valence-electron chi connectivity index (χ0n) is 11.8. The van der Waals surface area contributed by atoms with Gasteiger partial charge in [0.2, 0.25) is 5.91 Å². The SMILES string of the molecule is Cl.O=C(NCc1cc(Cl)ccc1OC(F)F)C1CCNCC1. The van der Waals surface area contributed by atoms with Gasteiger partial charge in [-0.3, -0.25) is 4.79 Å². The van der Waals surface area contributed by atoms with Gasteiger partial charge in [-0.25, -0.2) is 0 Å². The maximum atomic E-state index is 12.3. The van der Waals surface area contributed by atoms with Crippen molar-refractivity contribution in [2.45, 2.75) is 26.0 Å². The van der Waals surface area contributed by atoms with Crippen molar-refractivity contribution in [1.82, 2.24) is 10.6 Å². The van der Waals surface area contributed by atoms with E-state index in [1.807, 2.05) is 0 Å². The highest BCUT2D eigenvalue weighted by atomic mass is 35.5. The van der Waals surface area contributed by atoms with E-state index in [0.717, 1.165) is 25.9 Å². The lowest BCUT2D eigenvalue weighted by molar-refractivity contribution is -0.125. The van der Waals surface area contributed by atoms with Gasteiger partial charge in [0.25, 0.3) is 0 Å². The summed E-state index contributed by atoms with van der Waals surface area (Å²) in [6, 6.07) is 4.36. The van der Waals surface area contributed by atoms with Gasteiger partial charge in [-0.15, -0.1) is 12.4 Å². The van der Waals surface area contributed by atoms with Gasteiger partial charge in [0.1, 0.15) is 5.75 Å². The average Bonchev–Trinajstić information content (AvgIpc) is 2.47. The van der Waals surface area contributed by atoms with Crippen LogP contribution in [0, 0.1) is 5.92 Å². The highest BCUT2D eigenvalue weighted by molar-refractivity contribution is 6.30. The molecule has 1 aromatic carbocycles. The predicted molar refractivity (Wildman–Crippen MR) is 82.8 cm³/mol. The first-order valence-electron chi connectivity index (χ1n) is 6.78. The molecule has 2 N–H and O–H groups in total. The van der Waals surface area contributed by atoms with E-state index in [2.05, 4.69) is 15.4 Å². The summed E-state index contributed by atoms with van der Waals surface area (Å²) >= 11 is 5.85. The maximum Gasteiger partial charge on any atom is 0.387 e. The molecular formula is C14H18Cl2F2N2O2. The third-order valence-corrected chi connectivity index (χ3v) is 3.64. The first kappa shape index (κ1) is 18.9. The second kappa shape index (κ2) is 9.12. The Balaban J connectivity index is 0.00000242. The molecule has 1 fully saturated rings. The third-order valence-electron chi connectivity index (χ3n) is 3.40. The predicted octanol–water partition coefficient (Wildman–Crippen LogP) is 2.98. The Labute approximate surface area is 139 Å². The fourth-order valence-corrected chi connectivity index (χ4v) is 2.50. The quantitative estimate of drug-likeness (QED) is 0.854. The van der Waals surface area contributed by atoms with Crippen molar-refractivity contribution in [3.05, 3.63) is 28.8 Å². The first-order chi connectivity index (χ1) is 10.1. The molecule has 0 aromatic heterocycles. The molecule has 1 amide bonds. The molecule has 22 heavy (non-hydrogen) atoms. The molecule has 1 heterocycles. The molecule has 0 unspecified atom stereocenters. The van der Waals surface area contributed by atoms with E-state index >= 15 is 0 Å². The maximum absolute atomic E-state index is 12.3. The van der Waals surface area contributed by atoms with Crippen molar-refractivity contribution in [3.8, 4) is 5.75 Å². The second-order valence-electron chi connectivity index (χ2n) is 4.87. The molecule has 1 saturated heterocycles. The van der Waals surface area contributed by atoms with Gasteiger partial charge in [-0.05, 0) is 44.1 Å². The number of rotatable bonds is 5. The van der Waals surface area contributed by atoms with E-state index in [4.69, 9.17) is 11.6 Å².